The number of hydrogen-bond acceptors (Lipinski definition) is 2. The maximum absolute atomic E-state index is 13.4. The van der Waals surface area contributed by atoms with Gasteiger partial charge >= 0.3 is 0 Å². The summed E-state index contributed by atoms with van der Waals surface area (Å²) in [4.78, 5) is 0. The maximum Gasteiger partial charge on any atom is 0.132 e. The van der Waals surface area contributed by atoms with Gasteiger partial charge in [-0.15, -0.1) is 0 Å². The minimum Gasteiger partial charge on any atom is -0.383 e. The fourth-order valence-corrected chi connectivity index (χ4v) is 2.02. The molecule has 20 heavy (non-hydrogen) atoms. The highest BCUT2D eigenvalue weighted by molar-refractivity contribution is 5.20. The Hall–Kier alpha value is -1.07. The van der Waals surface area contributed by atoms with E-state index in [9.17, 15) is 13.2 Å². The highest BCUT2D eigenvalue weighted by Gasteiger charge is 2.10. The molecule has 0 aromatic heterocycles. The van der Waals surface area contributed by atoms with Gasteiger partial charge in [-0.3, -0.25) is 0 Å². The Morgan fingerprint density at radius 1 is 0.950 bits per heavy atom. The molecule has 1 N–H and O–H groups in total. The standard InChI is InChI=1S/C15H22F3NO/c1-20-9-8-19-7-5-3-2-4-6-13-14(17)10-12(16)11-15(13)18/h10-11,19H,2-9H2,1H3. The van der Waals surface area contributed by atoms with E-state index in [1.54, 1.807) is 7.11 Å². The Labute approximate surface area is 118 Å². The molecule has 0 heterocycles. The molecule has 0 spiro atoms. The van der Waals surface area contributed by atoms with Crippen LogP contribution in [0.2, 0.25) is 0 Å². The van der Waals surface area contributed by atoms with E-state index in [0.29, 0.717) is 19.4 Å². The zero-order chi connectivity index (χ0) is 14.8. The summed E-state index contributed by atoms with van der Waals surface area (Å²) in [5.74, 6) is -2.45. The van der Waals surface area contributed by atoms with Crippen LogP contribution in [-0.2, 0) is 11.2 Å². The molecule has 0 saturated carbocycles. The van der Waals surface area contributed by atoms with E-state index >= 15 is 0 Å². The molecule has 0 atom stereocenters. The van der Waals surface area contributed by atoms with Crippen molar-refractivity contribution in [2.24, 2.45) is 0 Å². The Morgan fingerprint density at radius 2 is 1.60 bits per heavy atom. The van der Waals surface area contributed by atoms with Crippen LogP contribution < -0.4 is 5.32 Å². The third kappa shape index (κ3) is 6.39. The van der Waals surface area contributed by atoms with Gasteiger partial charge in [0.05, 0.1) is 6.61 Å². The molecule has 0 aliphatic carbocycles. The third-order valence-electron chi connectivity index (χ3n) is 3.12. The summed E-state index contributed by atoms with van der Waals surface area (Å²) < 4.78 is 44.4. The number of ether oxygens (including phenoxy) is 1. The first kappa shape index (κ1) is 17.0. The van der Waals surface area contributed by atoms with E-state index in [0.717, 1.165) is 44.5 Å². The predicted octanol–water partition coefficient (Wildman–Crippen LogP) is 3.44. The molecule has 0 fully saturated rings. The van der Waals surface area contributed by atoms with Crippen LogP contribution >= 0.6 is 0 Å². The van der Waals surface area contributed by atoms with Crippen LogP contribution in [0, 0.1) is 17.5 Å². The van der Waals surface area contributed by atoms with Gasteiger partial charge < -0.3 is 10.1 Å². The lowest BCUT2D eigenvalue weighted by atomic mass is 10.0. The first-order valence-electron chi connectivity index (χ1n) is 6.98. The summed E-state index contributed by atoms with van der Waals surface area (Å²) in [6, 6.07) is 1.47. The van der Waals surface area contributed by atoms with Gasteiger partial charge in [-0.2, -0.15) is 0 Å². The molecule has 5 heteroatoms. The Bertz CT molecular complexity index is 376. The largest absolute Gasteiger partial charge is 0.383 e. The van der Waals surface area contributed by atoms with Crippen LogP contribution in [0.4, 0.5) is 13.2 Å². The topological polar surface area (TPSA) is 21.3 Å². The molecule has 2 nitrogen and oxygen atoms in total. The lowest BCUT2D eigenvalue weighted by Gasteiger charge is -2.06. The monoisotopic (exact) mass is 289 g/mol. The van der Waals surface area contributed by atoms with Gasteiger partial charge in [0.1, 0.15) is 17.5 Å². The van der Waals surface area contributed by atoms with Crippen LogP contribution in [0.3, 0.4) is 0 Å². The van der Waals surface area contributed by atoms with Crippen molar-refractivity contribution in [2.45, 2.75) is 32.1 Å². The first-order chi connectivity index (χ1) is 9.65. The molecular weight excluding hydrogens is 267 g/mol. The van der Waals surface area contributed by atoms with Gasteiger partial charge in [0.2, 0.25) is 0 Å². The van der Waals surface area contributed by atoms with E-state index in [2.05, 4.69) is 5.32 Å². The van der Waals surface area contributed by atoms with E-state index in [4.69, 9.17) is 4.74 Å². The summed E-state index contributed by atoms with van der Waals surface area (Å²) in [7, 11) is 1.66. The van der Waals surface area contributed by atoms with Gasteiger partial charge in [-0.05, 0) is 25.8 Å². The number of nitrogens with one attached hydrogen (secondary N) is 1. The fraction of sp³-hybridized carbons (Fsp3) is 0.600. The molecule has 0 bridgehead atoms. The molecule has 0 amide bonds. The number of halogens is 3. The SMILES string of the molecule is COCCNCCCCCCc1c(F)cc(F)cc1F. The van der Waals surface area contributed by atoms with Crippen molar-refractivity contribution in [2.75, 3.05) is 26.8 Å². The van der Waals surface area contributed by atoms with Gasteiger partial charge in [0, 0.05) is 31.4 Å². The van der Waals surface area contributed by atoms with E-state index in [1.807, 2.05) is 0 Å². The van der Waals surface area contributed by atoms with Crippen LogP contribution in [0.1, 0.15) is 31.2 Å². The molecule has 0 radical (unpaired) electrons. The highest BCUT2D eigenvalue weighted by Crippen LogP contribution is 2.17. The zero-order valence-corrected chi connectivity index (χ0v) is 11.9. The number of hydrogen-bond donors (Lipinski definition) is 1. The van der Waals surface area contributed by atoms with Gasteiger partial charge in [-0.1, -0.05) is 12.8 Å². The van der Waals surface area contributed by atoms with E-state index in [-0.39, 0.29) is 5.56 Å². The molecular formula is C15H22F3NO. The molecule has 114 valence electrons. The minimum atomic E-state index is -0.870. The Balaban J connectivity index is 2.13. The summed E-state index contributed by atoms with van der Waals surface area (Å²) in [6.45, 7) is 2.45. The second-order valence-electron chi connectivity index (χ2n) is 4.76. The van der Waals surface area contributed by atoms with Gasteiger partial charge in [-0.25, -0.2) is 13.2 Å². The summed E-state index contributed by atoms with van der Waals surface area (Å²) >= 11 is 0. The molecule has 1 aromatic carbocycles. The molecule has 0 unspecified atom stereocenters. The molecule has 0 aliphatic rings. The van der Waals surface area contributed by atoms with E-state index < -0.39 is 17.5 Å². The van der Waals surface area contributed by atoms with Crippen molar-refractivity contribution in [3.63, 3.8) is 0 Å². The quantitative estimate of drug-likeness (QED) is 0.666. The lowest BCUT2D eigenvalue weighted by molar-refractivity contribution is 0.199. The number of rotatable bonds is 10. The van der Waals surface area contributed by atoms with Crippen molar-refractivity contribution in [1.29, 1.82) is 0 Å². The second-order valence-corrected chi connectivity index (χ2v) is 4.76. The summed E-state index contributed by atoms with van der Waals surface area (Å²) in [6.07, 6.45) is 3.96. The fourth-order valence-electron chi connectivity index (χ4n) is 2.02. The number of benzene rings is 1. The van der Waals surface area contributed by atoms with Gasteiger partial charge in [0.25, 0.3) is 0 Å². The molecule has 0 saturated heterocycles. The summed E-state index contributed by atoms with van der Waals surface area (Å²) in [5, 5.41) is 3.23. The van der Waals surface area contributed by atoms with Crippen LogP contribution in [-0.4, -0.2) is 26.8 Å². The average Bonchev–Trinajstić information content (AvgIpc) is 2.39. The predicted molar refractivity (Wildman–Crippen MR) is 73.2 cm³/mol. The van der Waals surface area contributed by atoms with Crippen molar-refractivity contribution in [3.05, 3.63) is 35.1 Å². The van der Waals surface area contributed by atoms with E-state index in [1.165, 1.54) is 0 Å². The van der Waals surface area contributed by atoms with Gasteiger partial charge in [0.15, 0.2) is 0 Å². The van der Waals surface area contributed by atoms with Crippen molar-refractivity contribution in [3.8, 4) is 0 Å². The minimum absolute atomic E-state index is 0.00961. The normalized spacial score (nSPS) is 11.0. The maximum atomic E-state index is 13.4. The summed E-state index contributed by atoms with van der Waals surface area (Å²) in [5.41, 5.74) is -0.00961. The van der Waals surface area contributed by atoms with Crippen molar-refractivity contribution >= 4 is 0 Å². The number of unbranched alkanes of at least 4 members (excludes halogenated alkanes) is 3. The second kappa shape index (κ2) is 9.77. The third-order valence-corrected chi connectivity index (χ3v) is 3.12. The molecule has 1 rings (SSSR count). The first-order valence-corrected chi connectivity index (χ1v) is 6.98. The van der Waals surface area contributed by atoms with Crippen LogP contribution in [0.25, 0.3) is 0 Å². The highest BCUT2D eigenvalue weighted by atomic mass is 19.1. The smallest absolute Gasteiger partial charge is 0.132 e. The molecule has 1 aromatic rings. The Morgan fingerprint density at radius 3 is 2.25 bits per heavy atom. The Kier molecular flexibility index (Phi) is 8.30. The molecule has 0 aliphatic heterocycles. The zero-order valence-electron chi connectivity index (χ0n) is 11.9. The van der Waals surface area contributed by atoms with Crippen LogP contribution in [0.5, 0.6) is 0 Å². The average molecular weight is 289 g/mol. The lowest BCUT2D eigenvalue weighted by Crippen LogP contribution is -2.20. The van der Waals surface area contributed by atoms with Crippen LogP contribution in [0.15, 0.2) is 12.1 Å². The van der Waals surface area contributed by atoms with Crippen molar-refractivity contribution in [1.82, 2.24) is 5.32 Å². The van der Waals surface area contributed by atoms with Crippen molar-refractivity contribution < 1.29 is 17.9 Å². The number of methoxy groups -OCH3 is 1.